The summed E-state index contributed by atoms with van der Waals surface area (Å²) >= 11 is 1.30. The molecule has 1 N–H and O–H groups in total. The van der Waals surface area contributed by atoms with Gasteiger partial charge in [0.25, 0.3) is 0 Å². The van der Waals surface area contributed by atoms with Gasteiger partial charge < -0.3 is 14.8 Å². The number of rotatable bonds is 9. The molecule has 0 saturated carbocycles. The highest BCUT2D eigenvalue weighted by Gasteiger charge is 2.25. The number of methoxy groups -OCH3 is 2. The van der Waals surface area contributed by atoms with E-state index in [-0.39, 0.29) is 5.91 Å². The van der Waals surface area contributed by atoms with Crippen LogP contribution in [-0.2, 0) is 4.79 Å². The lowest BCUT2D eigenvalue weighted by atomic mass is 9.98. The molecule has 6 nitrogen and oxygen atoms in total. The monoisotopic (exact) mass is 537 g/mol. The van der Waals surface area contributed by atoms with Crippen molar-refractivity contribution in [3.05, 3.63) is 89.5 Å². The van der Waals surface area contributed by atoms with Crippen molar-refractivity contribution >= 4 is 23.4 Å². The van der Waals surface area contributed by atoms with Crippen LogP contribution in [0.25, 0.3) is 22.4 Å². The standard InChI is InChI=1S/C32H31N3O3S/c1-6-29(31(36)34-23-16-20(2)15-21(3)17-23)39-32-26(19-33)25(18-27(35-32)22-11-8-7-9-12-22)24-13-10-14-28(37-4)30(24)38-5/h7-18,29H,6H2,1-5H3,(H,34,36). The zero-order valence-corrected chi connectivity index (χ0v) is 23.6. The fourth-order valence-corrected chi connectivity index (χ4v) is 5.54. The molecule has 1 atom stereocenters. The van der Waals surface area contributed by atoms with Crippen LogP contribution in [0.1, 0.15) is 30.0 Å². The van der Waals surface area contributed by atoms with E-state index in [9.17, 15) is 10.1 Å². The third kappa shape index (κ3) is 6.24. The number of carbonyl (C=O) groups is 1. The summed E-state index contributed by atoms with van der Waals surface area (Å²) in [4.78, 5) is 18.3. The number of para-hydroxylation sites is 1. The summed E-state index contributed by atoms with van der Waals surface area (Å²) in [6.45, 7) is 5.96. The Balaban J connectivity index is 1.82. The number of hydrogen-bond donors (Lipinski definition) is 1. The van der Waals surface area contributed by atoms with Crippen molar-refractivity contribution in [3.8, 4) is 40.0 Å². The summed E-state index contributed by atoms with van der Waals surface area (Å²) in [7, 11) is 3.16. The predicted octanol–water partition coefficient (Wildman–Crippen LogP) is 7.43. The number of hydrogen-bond acceptors (Lipinski definition) is 6. The van der Waals surface area contributed by atoms with Crippen molar-refractivity contribution in [3.63, 3.8) is 0 Å². The molecule has 0 saturated heterocycles. The lowest BCUT2D eigenvalue weighted by molar-refractivity contribution is -0.115. The molecule has 39 heavy (non-hydrogen) atoms. The third-order valence-electron chi connectivity index (χ3n) is 6.27. The smallest absolute Gasteiger partial charge is 0.237 e. The Labute approximate surface area is 234 Å². The Bertz CT molecular complexity index is 1510. The first-order valence-electron chi connectivity index (χ1n) is 12.7. The van der Waals surface area contributed by atoms with E-state index in [0.717, 1.165) is 22.4 Å². The molecule has 4 aromatic rings. The summed E-state index contributed by atoms with van der Waals surface area (Å²) < 4.78 is 11.2. The lowest BCUT2D eigenvalue weighted by Gasteiger charge is -2.19. The Morgan fingerprint density at radius 3 is 2.31 bits per heavy atom. The summed E-state index contributed by atoms with van der Waals surface area (Å²) in [6, 6.07) is 25.6. The van der Waals surface area contributed by atoms with Gasteiger partial charge in [-0.25, -0.2) is 4.98 Å². The van der Waals surface area contributed by atoms with Crippen molar-refractivity contribution in [2.24, 2.45) is 0 Å². The van der Waals surface area contributed by atoms with Crippen LogP contribution in [0.15, 0.2) is 77.8 Å². The van der Waals surface area contributed by atoms with E-state index in [1.807, 2.05) is 87.5 Å². The van der Waals surface area contributed by atoms with Crippen LogP contribution in [0.2, 0.25) is 0 Å². The van der Waals surface area contributed by atoms with Crippen LogP contribution in [0, 0.1) is 25.2 Å². The molecular formula is C32H31N3O3S. The molecule has 1 amide bonds. The molecule has 0 spiro atoms. The van der Waals surface area contributed by atoms with Gasteiger partial charge in [-0.2, -0.15) is 5.26 Å². The fourth-order valence-electron chi connectivity index (χ4n) is 4.51. The molecule has 0 fully saturated rings. The molecule has 0 aliphatic heterocycles. The fraction of sp³-hybridized carbons (Fsp3) is 0.219. The summed E-state index contributed by atoms with van der Waals surface area (Å²) in [5.74, 6) is 0.950. The minimum atomic E-state index is -0.462. The van der Waals surface area contributed by atoms with Gasteiger partial charge in [-0.05, 0) is 55.7 Å². The number of benzene rings is 3. The number of pyridine rings is 1. The quantitative estimate of drug-likeness (QED) is 0.224. The van der Waals surface area contributed by atoms with Crippen LogP contribution < -0.4 is 14.8 Å². The van der Waals surface area contributed by atoms with Crippen LogP contribution >= 0.6 is 11.8 Å². The first-order valence-corrected chi connectivity index (χ1v) is 13.5. The number of thioether (sulfide) groups is 1. The highest BCUT2D eigenvalue weighted by Crippen LogP contribution is 2.43. The number of carbonyl (C=O) groups excluding carboxylic acids is 1. The van der Waals surface area contributed by atoms with Gasteiger partial charge in [0.15, 0.2) is 11.5 Å². The SMILES string of the molecule is CCC(Sc1nc(-c2ccccc2)cc(-c2cccc(OC)c2OC)c1C#N)C(=O)Nc1cc(C)cc(C)c1. The summed E-state index contributed by atoms with van der Waals surface area (Å²) in [6.07, 6.45) is 0.557. The number of nitriles is 1. The number of aromatic nitrogens is 1. The number of nitrogens with one attached hydrogen (secondary N) is 1. The Morgan fingerprint density at radius 2 is 1.69 bits per heavy atom. The minimum absolute atomic E-state index is 0.135. The average Bonchev–Trinajstić information content (AvgIpc) is 2.94. The van der Waals surface area contributed by atoms with Gasteiger partial charge in [0.05, 0.1) is 30.7 Å². The second-order valence-electron chi connectivity index (χ2n) is 9.13. The van der Waals surface area contributed by atoms with E-state index in [2.05, 4.69) is 17.5 Å². The maximum absolute atomic E-state index is 13.4. The van der Waals surface area contributed by atoms with Gasteiger partial charge in [0.2, 0.25) is 5.91 Å². The number of anilines is 1. The predicted molar refractivity (Wildman–Crippen MR) is 157 cm³/mol. The Morgan fingerprint density at radius 1 is 0.974 bits per heavy atom. The van der Waals surface area contributed by atoms with E-state index < -0.39 is 5.25 Å². The summed E-state index contributed by atoms with van der Waals surface area (Å²) in [5.41, 5.74) is 6.26. The van der Waals surface area contributed by atoms with E-state index >= 15 is 0 Å². The number of aryl methyl sites for hydroxylation is 2. The molecular weight excluding hydrogens is 506 g/mol. The number of ether oxygens (including phenoxy) is 2. The zero-order chi connectivity index (χ0) is 27.9. The van der Waals surface area contributed by atoms with Gasteiger partial charge in [-0.15, -0.1) is 0 Å². The Kier molecular flexibility index (Phi) is 8.90. The van der Waals surface area contributed by atoms with Crippen LogP contribution in [0.3, 0.4) is 0 Å². The molecule has 7 heteroatoms. The van der Waals surface area contributed by atoms with Crippen molar-refractivity contribution < 1.29 is 14.3 Å². The van der Waals surface area contributed by atoms with E-state index in [1.165, 1.54) is 11.8 Å². The van der Waals surface area contributed by atoms with Gasteiger partial charge in [0.1, 0.15) is 11.1 Å². The van der Waals surface area contributed by atoms with Crippen molar-refractivity contribution in [2.75, 3.05) is 19.5 Å². The molecule has 4 rings (SSSR count). The van der Waals surface area contributed by atoms with Crippen molar-refractivity contribution in [1.82, 2.24) is 4.98 Å². The Hall–Kier alpha value is -4.28. The maximum Gasteiger partial charge on any atom is 0.237 e. The number of nitrogens with zero attached hydrogens (tertiary/aromatic N) is 2. The molecule has 0 radical (unpaired) electrons. The molecule has 0 aliphatic carbocycles. The van der Waals surface area contributed by atoms with Gasteiger partial charge in [-0.3, -0.25) is 4.79 Å². The number of amides is 1. The normalized spacial score (nSPS) is 11.4. The van der Waals surface area contributed by atoms with E-state index in [1.54, 1.807) is 14.2 Å². The first-order chi connectivity index (χ1) is 18.9. The zero-order valence-electron chi connectivity index (χ0n) is 22.7. The van der Waals surface area contributed by atoms with Gasteiger partial charge in [0, 0.05) is 22.4 Å². The van der Waals surface area contributed by atoms with E-state index in [4.69, 9.17) is 14.5 Å². The molecule has 1 aromatic heterocycles. The molecule has 0 aliphatic rings. The second-order valence-corrected chi connectivity index (χ2v) is 10.3. The molecule has 1 heterocycles. The molecule has 1 unspecified atom stereocenters. The van der Waals surface area contributed by atoms with Crippen LogP contribution in [0.5, 0.6) is 11.5 Å². The van der Waals surface area contributed by atoms with Gasteiger partial charge in [-0.1, -0.05) is 67.2 Å². The van der Waals surface area contributed by atoms with E-state index in [0.29, 0.717) is 45.3 Å². The van der Waals surface area contributed by atoms with Crippen LogP contribution in [-0.4, -0.2) is 30.4 Å². The highest BCUT2D eigenvalue weighted by atomic mass is 32.2. The topological polar surface area (TPSA) is 84.2 Å². The summed E-state index contributed by atoms with van der Waals surface area (Å²) in [5, 5.41) is 13.4. The molecule has 198 valence electrons. The second kappa shape index (κ2) is 12.5. The molecule has 3 aromatic carbocycles. The average molecular weight is 538 g/mol. The minimum Gasteiger partial charge on any atom is -0.493 e. The molecule has 0 bridgehead atoms. The van der Waals surface area contributed by atoms with Crippen molar-refractivity contribution in [1.29, 1.82) is 5.26 Å². The third-order valence-corrected chi connectivity index (χ3v) is 7.62. The maximum atomic E-state index is 13.4. The van der Waals surface area contributed by atoms with Crippen LogP contribution in [0.4, 0.5) is 5.69 Å². The van der Waals surface area contributed by atoms with Crippen molar-refractivity contribution in [2.45, 2.75) is 37.5 Å². The first kappa shape index (κ1) is 27.7. The largest absolute Gasteiger partial charge is 0.493 e. The highest BCUT2D eigenvalue weighted by molar-refractivity contribution is 8.00. The van der Waals surface area contributed by atoms with Gasteiger partial charge >= 0.3 is 0 Å². The lowest BCUT2D eigenvalue weighted by Crippen LogP contribution is -2.25.